The molecule has 2 heterocycles. The summed E-state index contributed by atoms with van der Waals surface area (Å²) < 4.78 is 0. The van der Waals surface area contributed by atoms with Gasteiger partial charge in [0.1, 0.15) is 12.1 Å². The Morgan fingerprint density at radius 3 is 2.57 bits per heavy atom. The van der Waals surface area contributed by atoms with Crippen LogP contribution in [-0.4, -0.2) is 39.9 Å². The van der Waals surface area contributed by atoms with Crippen LogP contribution in [-0.2, 0) is 27.3 Å². The monoisotopic (exact) mass is 288 g/mol. The van der Waals surface area contributed by atoms with Gasteiger partial charge in [-0.3, -0.25) is 9.59 Å². The molecule has 2 N–H and O–H groups in total. The molecular formula is C15H16N2O4. The van der Waals surface area contributed by atoms with E-state index < -0.39 is 18.1 Å². The van der Waals surface area contributed by atoms with Crippen LogP contribution >= 0.6 is 0 Å². The summed E-state index contributed by atoms with van der Waals surface area (Å²) in [7, 11) is 0. The highest BCUT2D eigenvalue weighted by molar-refractivity contribution is 5.93. The van der Waals surface area contributed by atoms with Gasteiger partial charge in [-0.2, -0.15) is 0 Å². The van der Waals surface area contributed by atoms with Crippen LogP contribution in [0.3, 0.4) is 0 Å². The third kappa shape index (κ3) is 2.49. The minimum Gasteiger partial charge on any atom is -0.480 e. The number of benzene rings is 1. The Labute approximate surface area is 121 Å². The molecule has 0 spiro atoms. The second-order valence-corrected chi connectivity index (χ2v) is 5.45. The van der Waals surface area contributed by atoms with E-state index in [-0.39, 0.29) is 18.4 Å². The van der Waals surface area contributed by atoms with Crippen molar-refractivity contribution < 1.29 is 19.5 Å². The number of fused-ring (bicyclic) bond motifs is 1. The Morgan fingerprint density at radius 1 is 1.24 bits per heavy atom. The van der Waals surface area contributed by atoms with E-state index in [1.807, 2.05) is 24.3 Å². The van der Waals surface area contributed by atoms with Gasteiger partial charge in [-0.25, -0.2) is 4.79 Å². The molecule has 2 amide bonds. The normalized spacial score (nSPS) is 24.4. The molecule has 0 bridgehead atoms. The molecule has 1 aromatic carbocycles. The first-order valence-electron chi connectivity index (χ1n) is 6.95. The highest BCUT2D eigenvalue weighted by Crippen LogP contribution is 2.25. The van der Waals surface area contributed by atoms with E-state index >= 15 is 0 Å². The molecule has 3 rings (SSSR count). The fraction of sp³-hybridized carbons (Fsp3) is 0.400. The molecule has 2 aliphatic heterocycles. The summed E-state index contributed by atoms with van der Waals surface area (Å²) >= 11 is 0. The molecule has 1 saturated heterocycles. The van der Waals surface area contributed by atoms with Gasteiger partial charge in [-0.05, 0) is 17.5 Å². The fourth-order valence-electron chi connectivity index (χ4n) is 2.97. The number of carboxylic acids is 1. The summed E-state index contributed by atoms with van der Waals surface area (Å²) in [4.78, 5) is 36.6. The highest BCUT2D eigenvalue weighted by atomic mass is 16.4. The van der Waals surface area contributed by atoms with E-state index in [1.165, 1.54) is 4.90 Å². The molecule has 2 atom stereocenters. The van der Waals surface area contributed by atoms with E-state index in [0.717, 1.165) is 11.1 Å². The maximum absolute atomic E-state index is 12.5. The first-order chi connectivity index (χ1) is 10.1. The number of carboxylic acid groups (broad SMARTS) is 1. The number of rotatable bonds is 2. The van der Waals surface area contributed by atoms with Crippen LogP contribution in [0.5, 0.6) is 0 Å². The molecule has 1 aromatic rings. The van der Waals surface area contributed by atoms with Gasteiger partial charge in [-0.1, -0.05) is 24.3 Å². The van der Waals surface area contributed by atoms with Crippen molar-refractivity contribution >= 4 is 17.8 Å². The number of carbonyl (C=O) groups excluding carboxylic acids is 2. The number of nitrogens with one attached hydrogen (secondary N) is 1. The maximum Gasteiger partial charge on any atom is 0.326 e. The zero-order chi connectivity index (χ0) is 15.0. The van der Waals surface area contributed by atoms with Crippen molar-refractivity contribution in [3.63, 3.8) is 0 Å². The average Bonchev–Trinajstić information content (AvgIpc) is 2.91. The number of amides is 2. The van der Waals surface area contributed by atoms with Gasteiger partial charge in [-0.15, -0.1) is 0 Å². The lowest BCUT2D eigenvalue weighted by molar-refractivity contribution is -0.152. The van der Waals surface area contributed by atoms with Crippen LogP contribution < -0.4 is 5.32 Å². The van der Waals surface area contributed by atoms with Crippen LogP contribution in [0.4, 0.5) is 0 Å². The van der Waals surface area contributed by atoms with Crippen molar-refractivity contribution in [1.29, 1.82) is 0 Å². The molecular weight excluding hydrogens is 272 g/mol. The molecule has 0 aromatic heterocycles. The standard InChI is InChI=1S/C15H16N2O4/c18-13-6-5-11(16-13)14(19)17-8-10-4-2-1-3-9(10)7-12(17)15(20)21/h1-4,11-12H,5-8H2,(H,16,18)(H,20,21)/t11-,12?/m0/s1. The lowest BCUT2D eigenvalue weighted by atomic mass is 9.93. The van der Waals surface area contributed by atoms with E-state index in [9.17, 15) is 19.5 Å². The van der Waals surface area contributed by atoms with Gasteiger partial charge in [0.05, 0.1) is 0 Å². The third-order valence-corrected chi connectivity index (χ3v) is 4.11. The maximum atomic E-state index is 12.5. The Bertz CT molecular complexity index is 613. The number of hydrogen-bond donors (Lipinski definition) is 2. The van der Waals surface area contributed by atoms with E-state index in [1.54, 1.807) is 0 Å². The highest BCUT2D eigenvalue weighted by Gasteiger charge is 2.39. The van der Waals surface area contributed by atoms with Crippen LogP contribution in [0.15, 0.2) is 24.3 Å². The summed E-state index contributed by atoms with van der Waals surface area (Å²) in [6.07, 6.45) is 1.05. The lowest BCUT2D eigenvalue weighted by Crippen LogP contribution is -2.53. The Balaban J connectivity index is 1.87. The molecule has 6 nitrogen and oxygen atoms in total. The number of nitrogens with zero attached hydrogens (tertiary/aromatic N) is 1. The molecule has 0 radical (unpaired) electrons. The smallest absolute Gasteiger partial charge is 0.326 e. The Morgan fingerprint density at radius 2 is 1.95 bits per heavy atom. The summed E-state index contributed by atoms with van der Waals surface area (Å²) in [6, 6.07) is 6.08. The largest absolute Gasteiger partial charge is 0.480 e. The van der Waals surface area contributed by atoms with E-state index in [4.69, 9.17) is 0 Å². The molecule has 21 heavy (non-hydrogen) atoms. The summed E-state index contributed by atoms with van der Waals surface area (Å²) in [5, 5.41) is 12.0. The Kier molecular flexibility index (Phi) is 3.37. The second kappa shape index (κ2) is 5.20. The van der Waals surface area contributed by atoms with Crippen LogP contribution in [0.25, 0.3) is 0 Å². The molecule has 1 unspecified atom stereocenters. The quantitative estimate of drug-likeness (QED) is 0.819. The predicted octanol–water partition coefficient (Wildman–Crippen LogP) is 0.303. The molecule has 110 valence electrons. The second-order valence-electron chi connectivity index (χ2n) is 5.45. The zero-order valence-electron chi connectivity index (χ0n) is 11.4. The van der Waals surface area contributed by atoms with Crippen molar-refractivity contribution in [2.24, 2.45) is 0 Å². The van der Waals surface area contributed by atoms with Crippen LogP contribution in [0.2, 0.25) is 0 Å². The molecule has 6 heteroatoms. The lowest BCUT2D eigenvalue weighted by Gasteiger charge is -2.35. The number of carbonyl (C=O) groups is 3. The fourth-order valence-corrected chi connectivity index (χ4v) is 2.97. The minimum absolute atomic E-state index is 0.155. The van der Waals surface area contributed by atoms with Gasteiger partial charge in [0.15, 0.2) is 0 Å². The van der Waals surface area contributed by atoms with Crippen LogP contribution in [0.1, 0.15) is 24.0 Å². The SMILES string of the molecule is O=C1CC[C@@H](C(=O)N2Cc3ccccc3CC2C(=O)O)N1. The number of aliphatic carboxylic acids is 1. The Hall–Kier alpha value is -2.37. The average molecular weight is 288 g/mol. The minimum atomic E-state index is -1.01. The van der Waals surface area contributed by atoms with Crippen molar-refractivity contribution in [2.45, 2.75) is 37.9 Å². The first-order valence-corrected chi connectivity index (χ1v) is 6.95. The van der Waals surface area contributed by atoms with Gasteiger partial charge in [0.25, 0.3) is 0 Å². The van der Waals surface area contributed by atoms with Crippen molar-refractivity contribution in [3.05, 3.63) is 35.4 Å². The molecule has 1 fully saturated rings. The zero-order valence-corrected chi connectivity index (χ0v) is 11.4. The first kappa shape index (κ1) is 13.6. The topological polar surface area (TPSA) is 86.7 Å². The van der Waals surface area contributed by atoms with Crippen LogP contribution in [0, 0.1) is 0 Å². The van der Waals surface area contributed by atoms with Gasteiger partial charge in [0, 0.05) is 19.4 Å². The molecule has 0 aliphatic carbocycles. The third-order valence-electron chi connectivity index (χ3n) is 4.11. The van der Waals surface area contributed by atoms with Crippen molar-refractivity contribution in [1.82, 2.24) is 10.2 Å². The predicted molar refractivity (Wildman–Crippen MR) is 73.3 cm³/mol. The van der Waals surface area contributed by atoms with E-state index in [0.29, 0.717) is 19.3 Å². The summed E-state index contributed by atoms with van der Waals surface area (Å²) in [5.41, 5.74) is 1.93. The van der Waals surface area contributed by atoms with Gasteiger partial charge < -0.3 is 15.3 Å². The van der Waals surface area contributed by atoms with Crippen molar-refractivity contribution in [2.75, 3.05) is 0 Å². The molecule has 0 saturated carbocycles. The summed E-state index contributed by atoms with van der Waals surface area (Å²) in [5.74, 6) is -1.47. The van der Waals surface area contributed by atoms with Gasteiger partial charge in [0.2, 0.25) is 11.8 Å². The van der Waals surface area contributed by atoms with Gasteiger partial charge >= 0.3 is 5.97 Å². The van der Waals surface area contributed by atoms with Crippen molar-refractivity contribution in [3.8, 4) is 0 Å². The van der Waals surface area contributed by atoms with E-state index in [2.05, 4.69) is 5.32 Å². The molecule has 2 aliphatic rings. The number of hydrogen-bond acceptors (Lipinski definition) is 3. The summed E-state index contributed by atoms with van der Waals surface area (Å²) in [6.45, 7) is 0.276.